The Morgan fingerprint density at radius 1 is 1.37 bits per heavy atom. The Kier molecular flexibility index (Phi) is 6.37. The van der Waals surface area contributed by atoms with Crippen molar-refractivity contribution in [3.8, 4) is 0 Å². The van der Waals surface area contributed by atoms with Crippen molar-refractivity contribution in [2.75, 3.05) is 19.4 Å². The first-order valence-corrected chi connectivity index (χ1v) is 9.67. The highest BCUT2D eigenvalue weighted by Crippen LogP contribution is 2.22. The summed E-state index contributed by atoms with van der Waals surface area (Å²) >= 11 is 5.85. The molecule has 0 atom stereocenters. The molecule has 0 aliphatic carbocycles. The van der Waals surface area contributed by atoms with E-state index in [1.807, 2.05) is 0 Å². The maximum absolute atomic E-state index is 12.4. The van der Waals surface area contributed by atoms with Gasteiger partial charge in [-0.15, -0.1) is 0 Å². The van der Waals surface area contributed by atoms with Crippen LogP contribution < -0.4 is 16.6 Å². The van der Waals surface area contributed by atoms with Crippen LogP contribution in [0.25, 0.3) is 0 Å². The maximum Gasteiger partial charge on any atom is 0.273 e. The van der Waals surface area contributed by atoms with Crippen molar-refractivity contribution in [2.45, 2.75) is 24.9 Å². The van der Waals surface area contributed by atoms with Gasteiger partial charge in [-0.2, -0.15) is 5.10 Å². The molecule has 1 aromatic heterocycles. The standard InChI is InChI=1S/C16H20ClN5O4S/c1-10-4-5-11(6-14(10)27(25,26)21(2)3)20-15(23)9-22-16(24)12(7-18)13(17)8-19-22/h4-6,8H,7,9,18H2,1-3H3,(H,20,23). The number of hydrogen-bond donors (Lipinski definition) is 2. The second kappa shape index (κ2) is 8.17. The molecule has 2 rings (SSSR count). The molecule has 0 unspecified atom stereocenters. The van der Waals surface area contributed by atoms with Gasteiger partial charge >= 0.3 is 0 Å². The van der Waals surface area contributed by atoms with E-state index in [-0.39, 0.29) is 34.3 Å². The van der Waals surface area contributed by atoms with E-state index in [9.17, 15) is 18.0 Å². The van der Waals surface area contributed by atoms with Gasteiger partial charge in [-0.05, 0) is 24.6 Å². The number of nitrogens with two attached hydrogens (primary N) is 1. The largest absolute Gasteiger partial charge is 0.326 e. The fourth-order valence-corrected chi connectivity index (χ4v) is 3.64. The summed E-state index contributed by atoms with van der Waals surface area (Å²) in [6.07, 6.45) is 1.24. The molecular weight excluding hydrogens is 394 g/mol. The van der Waals surface area contributed by atoms with Crippen LogP contribution in [0.1, 0.15) is 11.1 Å². The molecule has 0 radical (unpaired) electrons. The molecule has 0 spiro atoms. The van der Waals surface area contributed by atoms with Gasteiger partial charge in [0, 0.05) is 26.3 Å². The summed E-state index contributed by atoms with van der Waals surface area (Å²) in [7, 11) is -0.811. The first kappa shape index (κ1) is 21.0. The lowest BCUT2D eigenvalue weighted by molar-refractivity contribution is -0.117. The van der Waals surface area contributed by atoms with Crippen LogP contribution in [0.15, 0.2) is 34.1 Å². The summed E-state index contributed by atoms with van der Waals surface area (Å²) < 4.78 is 26.8. The molecule has 27 heavy (non-hydrogen) atoms. The third kappa shape index (κ3) is 4.53. The number of sulfonamides is 1. The minimum atomic E-state index is -3.66. The zero-order valence-electron chi connectivity index (χ0n) is 15.1. The number of carbonyl (C=O) groups excluding carboxylic acids is 1. The summed E-state index contributed by atoms with van der Waals surface area (Å²) in [6.45, 7) is 1.21. The number of benzene rings is 1. The minimum absolute atomic E-state index is 0.0779. The van der Waals surface area contributed by atoms with Crippen LogP contribution in [-0.2, 0) is 27.9 Å². The maximum atomic E-state index is 12.4. The Balaban J connectivity index is 2.26. The lowest BCUT2D eigenvalue weighted by Gasteiger charge is -2.15. The molecule has 11 heteroatoms. The smallest absolute Gasteiger partial charge is 0.273 e. The van der Waals surface area contributed by atoms with Crippen molar-refractivity contribution in [1.29, 1.82) is 0 Å². The second-order valence-electron chi connectivity index (χ2n) is 5.95. The third-order valence-corrected chi connectivity index (χ3v) is 6.10. The SMILES string of the molecule is Cc1ccc(NC(=O)Cn2ncc(Cl)c(CN)c2=O)cc1S(=O)(=O)N(C)C. The van der Waals surface area contributed by atoms with E-state index in [0.717, 1.165) is 8.99 Å². The summed E-state index contributed by atoms with van der Waals surface area (Å²) in [5.41, 5.74) is 5.92. The summed E-state index contributed by atoms with van der Waals surface area (Å²) in [5, 5.41) is 6.51. The molecule has 1 aromatic carbocycles. The van der Waals surface area contributed by atoms with Gasteiger partial charge in [0.2, 0.25) is 15.9 Å². The number of anilines is 1. The van der Waals surface area contributed by atoms with E-state index in [2.05, 4.69) is 10.4 Å². The monoisotopic (exact) mass is 413 g/mol. The number of halogens is 1. The average molecular weight is 414 g/mol. The lowest BCUT2D eigenvalue weighted by atomic mass is 10.2. The molecule has 1 heterocycles. The highest BCUT2D eigenvalue weighted by atomic mass is 35.5. The number of aryl methyl sites for hydroxylation is 1. The van der Waals surface area contributed by atoms with Gasteiger partial charge in [0.25, 0.3) is 5.56 Å². The predicted molar refractivity (Wildman–Crippen MR) is 102 cm³/mol. The molecule has 0 aliphatic heterocycles. The molecule has 0 saturated carbocycles. The molecule has 1 amide bonds. The van der Waals surface area contributed by atoms with E-state index in [1.54, 1.807) is 19.1 Å². The molecule has 3 N–H and O–H groups in total. The quantitative estimate of drug-likeness (QED) is 0.711. The zero-order chi connectivity index (χ0) is 20.4. The van der Waals surface area contributed by atoms with Crippen LogP contribution >= 0.6 is 11.6 Å². The number of aromatic nitrogens is 2. The molecule has 0 bridgehead atoms. The van der Waals surface area contributed by atoms with Gasteiger partial charge in [-0.25, -0.2) is 17.4 Å². The lowest BCUT2D eigenvalue weighted by Crippen LogP contribution is -2.32. The van der Waals surface area contributed by atoms with Crippen molar-refractivity contribution in [3.05, 3.63) is 50.9 Å². The topological polar surface area (TPSA) is 127 Å². The molecule has 0 fully saturated rings. The van der Waals surface area contributed by atoms with Crippen molar-refractivity contribution in [1.82, 2.24) is 14.1 Å². The number of amides is 1. The van der Waals surface area contributed by atoms with Crippen molar-refractivity contribution in [2.24, 2.45) is 5.73 Å². The summed E-state index contributed by atoms with van der Waals surface area (Å²) in [4.78, 5) is 24.5. The Morgan fingerprint density at radius 3 is 2.63 bits per heavy atom. The van der Waals surface area contributed by atoms with Gasteiger partial charge in [0.1, 0.15) is 6.54 Å². The molecule has 146 valence electrons. The van der Waals surface area contributed by atoms with E-state index >= 15 is 0 Å². The van der Waals surface area contributed by atoms with E-state index in [4.69, 9.17) is 17.3 Å². The fourth-order valence-electron chi connectivity index (χ4n) is 2.30. The molecular formula is C16H20ClN5O4S. The molecule has 0 saturated heterocycles. The average Bonchev–Trinajstić information content (AvgIpc) is 2.59. The Morgan fingerprint density at radius 2 is 2.04 bits per heavy atom. The van der Waals surface area contributed by atoms with Gasteiger partial charge in [-0.3, -0.25) is 9.59 Å². The summed E-state index contributed by atoms with van der Waals surface area (Å²) in [5.74, 6) is -0.549. The van der Waals surface area contributed by atoms with E-state index in [1.165, 1.54) is 26.4 Å². The van der Waals surface area contributed by atoms with Crippen molar-refractivity contribution < 1.29 is 13.2 Å². The normalized spacial score (nSPS) is 11.6. The first-order valence-electron chi connectivity index (χ1n) is 7.85. The van der Waals surface area contributed by atoms with Crippen molar-refractivity contribution in [3.63, 3.8) is 0 Å². The number of hydrogen-bond acceptors (Lipinski definition) is 6. The Labute approximate surface area is 161 Å². The van der Waals surface area contributed by atoms with Crippen molar-refractivity contribution >= 4 is 33.2 Å². The zero-order valence-corrected chi connectivity index (χ0v) is 16.6. The Hall–Kier alpha value is -2.27. The van der Waals surface area contributed by atoms with E-state index < -0.39 is 21.5 Å². The predicted octanol–water partition coefficient (Wildman–Crippen LogP) is 0.553. The molecule has 9 nitrogen and oxygen atoms in total. The van der Waals surface area contributed by atoms with Gasteiger partial charge < -0.3 is 11.1 Å². The first-order chi connectivity index (χ1) is 12.6. The van der Waals surface area contributed by atoms with Crippen LogP contribution in [0.4, 0.5) is 5.69 Å². The third-order valence-electron chi connectivity index (χ3n) is 3.82. The number of nitrogens with one attached hydrogen (secondary N) is 1. The highest BCUT2D eigenvalue weighted by Gasteiger charge is 2.20. The van der Waals surface area contributed by atoms with Crippen LogP contribution in [-0.4, -0.2) is 42.5 Å². The van der Waals surface area contributed by atoms with Crippen LogP contribution in [0.2, 0.25) is 5.02 Å². The van der Waals surface area contributed by atoms with Crippen LogP contribution in [0.3, 0.4) is 0 Å². The van der Waals surface area contributed by atoms with Gasteiger partial charge in [0.05, 0.1) is 21.7 Å². The second-order valence-corrected chi connectivity index (χ2v) is 8.48. The van der Waals surface area contributed by atoms with Gasteiger partial charge in [-0.1, -0.05) is 17.7 Å². The number of rotatable bonds is 6. The van der Waals surface area contributed by atoms with E-state index in [0.29, 0.717) is 5.56 Å². The molecule has 2 aromatic rings. The highest BCUT2D eigenvalue weighted by molar-refractivity contribution is 7.89. The van der Waals surface area contributed by atoms with Crippen LogP contribution in [0.5, 0.6) is 0 Å². The molecule has 0 aliphatic rings. The Bertz CT molecular complexity index is 1030. The van der Waals surface area contributed by atoms with Crippen LogP contribution in [0, 0.1) is 6.92 Å². The van der Waals surface area contributed by atoms with Gasteiger partial charge in [0.15, 0.2) is 0 Å². The number of carbonyl (C=O) groups is 1. The summed E-state index contributed by atoms with van der Waals surface area (Å²) in [6, 6.07) is 4.53. The minimum Gasteiger partial charge on any atom is -0.326 e. The fraction of sp³-hybridized carbons (Fsp3) is 0.312. The number of nitrogens with zero attached hydrogens (tertiary/aromatic N) is 3.